The van der Waals surface area contributed by atoms with E-state index in [1.807, 2.05) is 0 Å². The Kier molecular flexibility index (Phi) is 6.05. The van der Waals surface area contributed by atoms with Crippen LogP contribution in [0.5, 0.6) is 0 Å². The quantitative estimate of drug-likeness (QED) is 0.730. The molecular weight excluding hydrogens is 346 g/mol. The lowest BCUT2D eigenvalue weighted by Crippen LogP contribution is -2.44. The third-order valence-electron chi connectivity index (χ3n) is 5.48. The van der Waals surface area contributed by atoms with E-state index in [-0.39, 0.29) is 0 Å². The Labute approximate surface area is 160 Å². The van der Waals surface area contributed by atoms with Gasteiger partial charge < -0.3 is 14.5 Å². The Hall–Kier alpha value is -1.20. The lowest BCUT2D eigenvalue weighted by atomic mass is 10.1. The van der Waals surface area contributed by atoms with Crippen molar-refractivity contribution >= 4 is 16.5 Å². The SMILES string of the molecule is CN1CCN(CC#CCOC2CCN(c3nnc(C4CC4)s3)CC2)CC1. The Morgan fingerprint density at radius 3 is 2.50 bits per heavy atom. The molecule has 3 aliphatic rings. The molecule has 1 saturated carbocycles. The van der Waals surface area contributed by atoms with E-state index in [1.54, 1.807) is 11.3 Å². The summed E-state index contributed by atoms with van der Waals surface area (Å²) in [6, 6.07) is 0. The maximum atomic E-state index is 5.97. The third kappa shape index (κ3) is 4.95. The highest BCUT2D eigenvalue weighted by molar-refractivity contribution is 7.15. The predicted molar refractivity (Wildman–Crippen MR) is 105 cm³/mol. The van der Waals surface area contributed by atoms with Gasteiger partial charge in [-0.15, -0.1) is 10.2 Å². The monoisotopic (exact) mass is 375 g/mol. The first-order chi connectivity index (χ1) is 12.8. The second-order valence-electron chi connectivity index (χ2n) is 7.63. The Morgan fingerprint density at radius 2 is 1.77 bits per heavy atom. The number of piperazine rings is 1. The zero-order valence-electron chi connectivity index (χ0n) is 15.7. The molecule has 0 unspecified atom stereocenters. The van der Waals surface area contributed by atoms with Crippen LogP contribution in [0.15, 0.2) is 0 Å². The zero-order chi connectivity index (χ0) is 17.8. The van der Waals surface area contributed by atoms with Gasteiger partial charge in [-0.25, -0.2) is 0 Å². The first-order valence-corrected chi connectivity index (χ1v) is 10.7. The maximum Gasteiger partial charge on any atom is 0.208 e. The van der Waals surface area contributed by atoms with E-state index in [1.165, 1.54) is 17.8 Å². The summed E-state index contributed by atoms with van der Waals surface area (Å²) < 4.78 is 5.97. The molecule has 0 amide bonds. The van der Waals surface area contributed by atoms with Gasteiger partial charge in [0.1, 0.15) is 11.6 Å². The van der Waals surface area contributed by atoms with Crippen LogP contribution in [0, 0.1) is 11.8 Å². The summed E-state index contributed by atoms with van der Waals surface area (Å²) in [4.78, 5) is 7.15. The molecule has 0 atom stereocenters. The highest BCUT2D eigenvalue weighted by atomic mass is 32.1. The number of ether oxygens (including phenoxy) is 1. The number of likely N-dealkylation sites (N-methyl/N-ethyl adjacent to an activating group) is 1. The Bertz CT molecular complexity index is 634. The highest BCUT2D eigenvalue weighted by Gasteiger charge is 2.29. The normalized spacial score (nSPS) is 23.0. The molecule has 0 spiro atoms. The van der Waals surface area contributed by atoms with Crippen LogP contribution in [0.2, 0.25) is 0 Å². The number of rotatable bonds is 5. The Balaban J connectivity index is 1.12. The minimum atomic E-state index is 0.333. The molecular formula is C19H29N5OS. The van der Waals surface area contributed by atoms with Crippen molar-refractivity contribution < 1.29 is 4.74 Å². The number of aromatic nitrogens is 2. The summed E-state index contributed by atoms with van der Waals surface area (Å²) in [7, 11) is 2.18. The molecule has 6 nitrogen and oxygen atoms in total. The first-order valence-electron chi connectivity index (χ1n) is 9.84. The molecule has 3 fully saturated rings. The van der Waals surface area contributed by atoms with Crippen LogP contribution in [0.1, 0.15) is 36.6 Å². The number of nitrogens with zero attached hydrogens (tertiary/aromatic N) is 5. The summed E-state index contributed by atoms with van der Waals surface area (Å²) >= 11 is 1.78. The smallest absolute Gasteiger partial charge is 0.208 e. The fourth-order valence-corrected chi connectivity index (χ4v) is 4.51. The lowest BCUT2D eigenvalue weighted by Gasteiger charge is -2.31. The van der Waals surface area contributed by atoms with Gasteiger partial charge in [0.25, 0.3) is 0 Å². The van der Waals surface area contributed by atoms with Gasteiger partial charge in [0, 0.05) is 45.2 Å². The molecule has 3 heterocycles. The second kappa shape index (κ2) is 8.66. The van der Waals surface area contributed by atoms with Gasteiger partial charge in [0.15, 0.2) is 0 Å². The maximum absolute atomic E-state index is 5.97. The van der Waals surface area contributed by atoms with Gasteiger partial charge in [-0.3, -0.25) is 4.90 Å². The average molecular weight is 376 g/mol. The molecule has 26 heavy (non-hydrogen) atoms. The lowest BCUT2D eigenvalue weighted by molar-refractivity contribution is 0.0594. The van der Waals surface area contributed by atoms with Crippen molar-refractivity contribution in [1.82, 2.24) is 20.0 Å². The van der Waals surface area contributed by atoms with Crippen LogP contribution >= 0.6 is 11.3 Å². The van der Waals surface area contributed by atoms with Crippen LogP contribution in [0.3, 0.4) is 0 Å². The summed E-state index contributed by atoms with van der Waals surface area (Å²) in [5.74, 6) is 7.16. The molecule has 4 rings (SSSR count). The molecule has 0 aromatic carbocycles. The molecule has 0 radical (unpaired) electrons. The topological polar surface area (TPSA) is 44.7 Å². The van der Waals surface area contributed by atoms with Crippen molar-refractivity contribution in [3.8, 4) is 11.8 Å². The number of anilines is 1. The van der Waals surface area contributed by atoms with Gasteiger partial charge in [-0.1, -0.05) is 23.2 Å². The summed E-state index contributed by atoms with van der Waals surface area (Å²) in [6.45, 7) is 7.99. The standard InChI is InChI=1S/C19H29N5OS/c1-22-11-13-23(14-12-22)8-2-3-15-25-17-6-9-24(10-7-17)19-21-20-18(26-19)16-4-5-16/h16-17H,4-15H2,1H3. The average Bonchev–Trinajstić information content (AvgIpc) is 3.41. The van der Waals surface area contributed by atoms with Gasteiger partial charge in [-0.2, -0.15) is 0 Å². The fraction of sp³-hybridized carbons (Fsp3) is 0.789. The summed E-state index contributed by atoms with van der Waals surface area (Å²) in [5, 5.41) is 11.1. The number of piperidine rings is 1. The fourth-order valence-electron chi connectivity index (χ4n) is 3.45. The van der Waals surface area contributed by atoms with E-state index in [9.17, 15) is 0 Å². The van der Waals surface area contributed by atoms with Crippen molar-refractivity contribution in [2.24, 2.45) is 0 Å². The van der Waals surface area contributed by atoms with Gasteiger partial charge in [0.05, 0.1) is 12.6 Å². The number of hydrogen-bond acceptors (Lipinski definition) is 7. The second-order valence-corrected chi connectivity index (χ2v) is 8.62. The highest BCUT2D eigenvalue weighted by Crippen LogP contribution is 2.42. The van der Waals surface area contributed by atoms with Crippen molar-refractivity contribution in [2.45, 2.75) is 37.7 Å². The predicted octanol–water partition coefficient (Wildman–Crippen LogP) is 1.65. The van der Waals surface area contributed by atoms with Crippen LogP contribution in [-0.2, 0) is 4.74 Å². The molecule has 0 N–H and O–H groups in total. The van der Waals surface area contributed by atoms with Crippen LogP contribution < -0.4 is 4.90 Å². The van der Waals surface area contributed by atoms with E-state index in [2.05, 4.69) is 43.8 Å². The molecule has 0 bridgehead atoms. The van der Waals surface area contributed by atoms with Gasteiger partial charge in [0.2, 0.25) is 5.13 Å². The number of hydrogen-bond donors (Lipinski definition) is 0. The third-order valence-corrected chi connectivity index (χ3v) is 6.63. The van der Waals surface area contributed by atoms with Gasteiger partial charge in [-0.05, 0) is 32.7 Å². The molecule has 2 saturated heterocycles. The van der Waals surface area contributed by atoms with Crippen LogP contribution in [-0.4, -0.2) is 85.6 Å². The minimum Gasteiger partial charge on any atom is -0.365 e. The molecule has 7 heteroatoms. The molecule has 1 aromatic heterocycles. The molecule has 1 aromatic rings. The van der Waals surface area contributed by atoms with E-state index >= 15 is 0 Å². The van der Waals surface area contributed by atoms with E-state index < -0.39 is 0 Å². The van der Waals surface area contributed by atoms with Crippen molar-refractivity contribution in [1.29, 1.82) is 0 Å². The van der Waals surface area contributed by atoms with Gasteiger partial charge >= 0.3 is 0 Å². The summed E-state index contributed by atoms with van der Waals surface area (Å²) in [5.41, 5.74) is 0. The molecule has 1 aliphatic carbocycles. The molecule has 2 aliphatic heterocycles. The summed E-state index contributed by atoms with van der Waals surface area (Å²) in [6.07, 6.45) is 5.03. The molecule has 142 valence electrons. The first kappa shape index (κ1) is 18.2. The Morgan fingerprint density at radius 1 is 1.00 bits per heavy atom. The van der Waals surface area contributed by atoms with E-state index in [0.29, 0.717) is 18.6 Å². The van der Waals surface area contributed by atoms with Crippen LogP contribution in [0.4, 0.5) is 5.13 Å². The minimum absolute atomic E-state index is 0.333. The zero-order valence-corrected chi connectivity index (χ0v) is 16.5. The van der Waals surface area contributed by atoms with Crippen molar-refractivity contribution in [3.63, 3.8) is 0 Å². The van der Waals surface area contributed by atoms with Crippen LogP contribution in [0.25, 0.3) is 0 Å². The largest absolute Gasteiger partial charge is 0.365 e. The van der Waals surface area contributed by atoms with Crippen molar-refractivity contribution in [3.05, 3.63) is 5.01 Å². The van der Waals surface area contributed by atoms with E-state index in [0.717, 1.165) is 63.8 Å². The van der Waals surface area contributed by atoms with Crippen molar-refractivity contribution in [2.75, 3.05) is 64.4 Å². The van der Waals surface area contributed by atoms with E-state index in [4.69, 9.17) is 4.74 Å².